The van der Waals surface area contributed by atoms with E-state index in [4.69, 9.17) is 0 Å². The Bertz CT molecular complexity index is 623. The Labute approximate surface area is 103 Å². The summed E-state index contributed by atoms with van der Waals surface area (Å²) in [6, 6.07) is 6.94. The second-order valence-electron chi connectivity index (χ2n) is 3.95. The maximum Gasteiger partial charge on any atom is 0.266 e. The number of aromatic hydroxyl groups is 1. The lowest BCUT2D eigenvalue weighted by Gasteiger charge is -2.06. The van der Waals surface area contributed by atoms with Gasteiger partial charge in [-0.2, -0.15) is 5.10 Å². The molecule has 0 saturated carbocycles. The van der Waals surface area contributed by atoms with Crippen LogP contribution in [0, 0.1) is 5.82 Å². The molecular formula is C13H13FN2O2. The number of phenolic OH excluding ortho intramolecular Hbond substituents is 1. The first-order valence-corrected chi connectivity index (χ1v) is 5.69. The van der Waals surface area contributed by atoms with Gasteiger partial charge in [-0.3, -0.25) is 4.79 Å². The van der Waals surface area contributed by atoms with Crippen LogP contribution in [0.5, 0.6) is 5.75 Å². The van der Waals surface area contributed by atoms with Crippen molar-refractivity contribution in [2.24, 2.45) is 0 Å². The summed E-state index contributed by atoms with van der Waals surface area (Å²) >= 11 is 0. The van der Waals surface area contributed by atoms with Gasteiger partial charge < -0.3 is 5.11 Å². The van der Waals surface area contributed by atoms with Crippen LogP contribution in [0.4, 0.5) is 4.39 Å². The largest absolute Gasteiger partial charge is 0.505 e. The van der Waals surface area contributed by atoms with Gasteiger partial charge in [0.05, 0.1) is 5.69 Å². The minimum Gasteiger partial charge on any atom is -0.505 e. The standard InChI is InChI=1S/C13H13FN2O2/c1-2-7-16-13(18)6-5-11(15-16)9-3-4-10(14)12(17)8-9/h3-6,8,17H,2,7H2,1H3. The molecule has 2 rings (SSSR count). The molecule has 4 nitrogen and oxygen atoms in total. The molecule has 1 heterocycles. The highest BCUT2D eigenvalue weighted by atomic mass is 19.1. The van der Waals surface area contributed by atoms with Gasteiger partial charge in [-0.1, -0.05) is 6.92 Å². The van der Waals surface area contributed by atoms with Gasteiger partial charge >= 0.3 is 0 Å². The second kappa shape index (κ2) is 5.00. The van der Waals surface area contributed by atoms with E-state index in [1.807, 2.05) is 6.92 Å². The molecule has 0 aliphatic heterocycles. The second-order valence-corrected chi connectivity index (χ2v) is 3.95. The number of rotatable bonds is 3. The highest BCUT2D eigenvalue weighted by molar-refractivity contribution is 5.60. The molecule has 18 heavy (non-hydrogen) atoms. The molecule has 1 aromatic heterocycles. The van der Waals surface area contributed by atoms with Crippen LogP contribution in [0.25, 0.3) is 11.3 Å². The van der Waals surface area contributed by atoms with Crippen molar-refractivity contribution in [2.45, 2.75) is 19.9 Å². The van der Waals surface area contributed by atoms with Crippen molar-refractivity contribution in [3.63, 3.8) is 0 Å². The molecule has 1 aromatic carbocycles. The SMILES string of the molecule is CCCn1nc(-c2ccc(F)c(O)c2)ccc1=O. The minimum absolute atomic E-state index is 0.174. The quantitative estimate of drug-likeness (QED) is 0.905. The van der Waals surface area contributed by atoms with Crippen LogP contribution in [0.2, 0.25) is 0 Å². The van der Waals surface area contributed by atoms with E-state index in [-0.39, 0.29) is 5.56 Å². The third-order valence-electron chi connectivity index (χ3n) is 2.54. The van der Waals surface area contributed by atoms with Crippen LogP contribution in [0.15, 0.2) is 35.1 Å². The number of phenols is 1. The highest BCUT2D eigenvalue weighted by Crippen LogP contribution is 2.23. The van der Waals surface area contributed by atoms with E-state index in [2.05, 4.69) is 5.10 Å². The van der Waals surface area contributed by atoms with Gasteiger partial charge in [0.2, 0.25) is 0 Å². The fourth-order valence-electron chi connectivity index (χ4n) is 1.65. The zero-order valence-corrected chi connectivity index (χ0v) is 9.93. The van der Waals surface area contributed by atoms with Gasteiger partial charge in [-0.05, 0) is 30.7 Å². The summed E-state index contributed by atoms with van der Waals surface area (Å²) in [5.41, 5.74) is 0.920. The maximum absolute atomic E-state index is 13.0. The molecule has 0 spiro atoms. The molecule has 0 radical (unpaired) electrons. The van der Waals surface area contributed by atoms with Crippen molar-refractivity contribution >= 4 is 0 Å². The van der Waals surface area contributed by atoms with Crippen LogP contribution in [0.1, 0.15) is 13.3 Å². The van der Waals surface area contributed by atoms with Crippen molar-refractivity contribution in [3.05, 3.63) is 46.5 Å². The number of hydrogen-bond donors (Lipinski definition) is 1. The molecule has 0 atom stereocenters. The number of hydrogen-bond acceptors (Lipinski definition) is 3. The average molecular weight is 248 g/mol. The van der Waals surface area contributed by atoms with E-state index in [1.165, 1.54) is 28.9 Å². The monoisotopic (exact) mass is 248 g/mol. The molecule has 2 aromatic rings. The summed E-state index contributed by atoms with van der Waals surface area (Å²) in [7, 11) is 0. The Balaban J connectivity index is 2.47. The number of aromatic nitrogens is 2. The predicted molar refractivity (Wildman–Crippen MR) is 65.8 cm³/mol. The lowest BCUT2D eigenvalue weighted by Crippen LogP contribution is -2.21. The van der Waals surface area contributed by atoms with Crippen molar-refractivity contribution < 1.29 is 9.50 Å². The molecule has 5 heteroatoms. The smallest absolute Gasteiger partial charge is 0.266 e. The van der Waals surface area contributed by atoms with E-state index in [9.17, 15) is 14.3 Å². The molecule has 0 saturated heterocycles. The summed E-state index contributed by atoms with van der Waals surface area (Å²) in [5.74, 6) is -1.11. The van der Waals surface area contributed by atoms with Gasteiger partial charge in [0.1, 0.15) is 0 Å². The third-order valence-corrected chi connectivity index (χ3v) is 2.54. The number of benzene rings is 1. The molecule has 0 bridgehead atoms. The summed E-state index contributed by atoms with van der Waals surface area (Å²) in [4.78, 5) is 11.5. The van der Waals surface area contributed by atoms with Gasteiger partial charge in [0, 0.05) is 18.2 Å². The number of nitrogens with zero attached hydrogens (tertiary/aromatic N) is 2. The lowest BCUT2D eigenvalue weighted by molar-refractivity contribution is 0.432. The normalized spacial score (nSPS) is 10.6. The molecule has 0 amide bonds. The van der Waals surface area contributed by atoms with Crippen LogP contribution in [0.3, 0.4) is 0 Å². The molecule has 94 valence electrons. The summed E-state index contributed by atoms with van der Waals surface area (Å²) in [5, 5.41) is 13.5. The fraction of sp³-hybridized carbons (Fsp3) is 0.231. The summed E-state index contributed by atoms with van der Waals surface area (Å²) in [6.07, 6.45) is 0.797. The van der Waals surface area contributed by atoms with Gasteiger partial charge in [-0.25, -0.2) is 9.07 Å². The lowest BCUT2D eigenvalue weighted by atomic mass is 10.1. The molecule has 0 aliphatic carbocycles. The van der Waals surface area contributed by atoms with Crippen LogP contribution in [-0.2, 0) is 6.54 Å². The maximum atomic E-state index is 13.0. The molecule has 1 N–H and O–H groups in total. The Hall–Kier alpha value is -2.17. The van der Waals surface area contributed by atoms with E-state index < -0.39 is 11.6 Å². The Kier molecular flexibility index (Phi) is 3.41. The van der Waals surface area contributed by atoms with E-state index in [0.717, 1.165) is 6.42 Å². The molecule has 0 fully saturated rings. The van der Waals surface area contributed by atoms with E-state index in [1.54, 1.807) is 6.07 Å². The zero-order valence-electron chi connectivity index (χ0n) is 9.93. The van der Waals surface area contributed by atoms with Crippen molar-refractivity contribution in [1.29, 1.82) is 0 Å². The molecule has 0 unspecified atom stereocenters. The molecule has 0 aliphatic rings. The van der Waals surface area contributed by atoms with E-state index in [0.29, 0.717) is 17.8 Å². The van der Waals surface area contributed by atoms with Crippen LogP contribution in [-0.4, -0.2) is 14.9 Å². The van der Waals surface area contributed by atoms with E-state index >= 15 is 0 Å². The first kappa shape index (κ1) is 12.3. The van der Waals surface area contributed by atoms with Gasteiger partial charge in [0.25, 0.3) is 5.56 Å². The Morgan fingerprint density at radius 2 is 2.11 bits per heavy atom. The Morgan fingerprint density at radius 1 is 1.33 bits per heavy atom. The van der Waals surface area contributed by atoms with Gasteiger partial charge in [-0.15, -0.1) is 0 Å². The fourth-order valence-corrected chi connectivity index (χ4v) is 1.65. The highest BCUT2D eigenvalue weighted by Gasteiger charge is 2.06. The minimum atomic E-state index is -0.680. The van der Waals surface area contributed by atoms with Crippen LogP contribution >= 0.6 is 0 Å². The predicted octanol–water partition coefficient (Wildman–Crippen LogP) is 2.16. The Morgan fingerprint density at radius 3 is 2.78 bits per heavy atom. The first-order chi connectivity index (χ1) is 8.61. The summed E-state index contributed by atoms with van der Waals surface area (Å²) in [6.45, 7) is 2.48. The van der Waals surface area contributed by atoms with Crippen molar-refractivity contribution in [1.82, 2.24) is 9.78 Å². The van der Waals surface area contributed by atoms with Gasteiger partial charge in [0.15, 0.2) is 11.6 Å². The number of halogens is 1. The zero-order chi connectivity index (χ0) is 13.1. The molecular weight excluding hydrogens is 235 g/mol. The van der Waals surface area contributed by atoms with Crippen molar-refractivity contribution in [2.75, 3.05) is 0 Å². The average Bonchev–Trinajstić information content (AvgIpc) is 2.36. The third kappa shape index (κ3) is 2.40. The first-order valence-electron chi connectivity index (χ1n) is 5.69. The van der Waals surface area contributed by atoms with Crippen LogP contribution < -0.4 is 5.56 Å². The number of aryl methyl sites for hydroxylation is 1. The topological polar surface area (TPSA) is 55.1 Å². The summed E-state index contributed by atoms with van der Waals surface area (Å²) < 4.78 is 14.3. The van der Waals surface area contributed by atoms with Crippen molar-refractivity contribution in [3.8, 4) is 17.0 Å².